The van der Waals surface area contributed by atoms with E-state index in [4.69, 9.17) is 5.26 Å². The van der Waals surface area contributed by atoms with Crippen molar-refractivity contribution >= 4 is 23.2 Å². The molecule has 2 aromatic carbocycles. The average Bonchev–Trinajstić information content (AvgIpc) is 3.17. The summed E-state index contributed by atoms with van der Waals surface area (Å²) < 4.78 is 0. The summed E-state index contributed by atoms with van der Waals surface area (Å²) in [6, 6.07) is 17.4. The zero-order valence-corrected chi connectivity index (χ0v) is 14.9. The first-order chi connectivity index (χ1) is 13.7. The molecular formula is C22H16N4O2. The van der Waals surface area contributed by atoms with Crippen molar-refractivity contribution in [3.8, 4) is 6.07 Å². The van der Waals surface area contributed by atoms with Gasteiger partial charge in [0, 0.05) is 41.4 Å². The lowest BCUT2D eigenvalue weighted by molar-refractivity contribution is 0.0988. The lowest BCUT2D eigenvalue weighted by atomic mass is 10.1. The standard InChI is InChI=1S/C22H16N4O2/c23-14-15-1-3-17(4-2-15)21(27)25-19-6-5-16-9-12-26(20(16)13-19)22(28)18-7-10-24-11-8-18/h1-8,10-11,13H,9,12H2,(H,25,27). The molecule has 6 nitrogen and oxygen atoms in total. The van der Waals surface area contributed by atoms with Crippen molar-refractivity contribution in [2.45, 2.75) is 6.42 Å². The average molecular weight is 368 g/mol. The molecule has 28 heavy (non-hydrogen) atoms. The Hall–Kier alpha value is -3.98. The highest BCUT2D eigenvalue weighted by Crippen LogP contribution is 2.32. The third-order valence-electron chi connectivity index (χ3n) is 4.69. The molecule has 1 aliphatic heterocycles. The fraction of sp³-hybridized carbons (Fsp3) is 0.0909. The number of pyridine rings is 1. The molecule has 1 N–H and O–H groups in total. The van der Waals surface area contributed by atoms with Gasteiger partial charge in [-0.1, -0.05) is 6.07 Å². The van der Waals surface area contributed by atoms with Crippen molar-refractivity contribution in [3.05, 3.63) is 89.2 Å². The third-order valence-corrected chi connectivity index (χ3v) is 4.69. The van der Waals surface area contributed by atoms with Crippen LogP contribution in [0.4, 0.5) is 11.4 Å². The molecule has 0 radical (unpaired) electrons. The summed E-state index contributed by atoms with van der Waals surface area (Å²) in [6.07, 6.45) is 3.97. The van der Waals surface area contributed by atoms with Crippen molar-refractivity contribution < 1.29 is 9.59 Å². The molecule has 0 aliphatic carbocycles. The van der Waals surface area contributed by atoms with Gasteiger partial charge in [-0.15, -0.1) is 0 Å². The maximum atomic E-state index is 12.8. The topological polar surface area (TPSA) is 86.1 Å². The van der Waals surface area contributed by atoms with E-state index in [1.807, 2.05) is 24.3 Å². The van der Waals surface area contributed by atoms with Crippen LogP contribution < -0.4 is 10.2 Å². The Bertz CT molecular complexity index is 1090. The Labute approximate surface area is 162 Å². The van der Waals surface area contributed by atoms with Gasteiger partial charge in [-0.25, -0.2) is 0 Å². The molecule has 1 aromatic heterocycles. The van der Waals surface area contributed by atoms with Crippen LogP contribution in [0.2, 0.25) is 0 Å². The predicted octanol–water partition coefficient (Wildman–Crippen LogP) is 3.41. The molecule has 3 aromatic rings. The number of hydrogen-bond acceptors (Lipinski definition) is 4. The van der Waals surface area contributed by atoms with Gasteiger partial charge in [-0.2, -0.15) is 5.26 Å². The van der Waals surface area contributed by atoms with E-state index in [-0.39, 0.29) is 11.8 Å². The van der Waals surface area contributed by atoms with Crippen LogP contribution in [0.15, 0.2) is 67.0 Å². The van der Waals surface area contributed by atoms with Crippen LogP contribution in [0.3, 0.4) is 0 Å². The second kappa shape index (κ2) is 7.33. The zero-order valence-electron chi connectivity index (χ0n) is 14.9. The van der Waals surface area contributed by atoms with Crippen LogP contribution in [0.25, 0.3) is 0 Å². The Morgan fingerprint density at radius 3 is 2.46 bits per heavy atom. The van der Waals surface area contributed by atoms with Gasteiger partial charge in [0.05, 0.1) is 11.6 Å². The van der Waals surface area contributed by atoms with E-state index in [1.54, 1.807) is 53.7 Å². The molecule has 0 unspecified atom stereocenters. The number of anilines is 2. The van der Waals surface area contributed by atoms with Gasteiger partial charge in [-0.05, 0) is 60.5 Å². The summed E-state index contributed by atoms with van der Waals surface area (Å²) in [5, 5.41) is 11.7. The minimum Gasteiger partial charge on any atom is -0.322 e. The van der Waals surface area contributed by atoms with Crippen LogP contribution in [-0.4, -0.2) is 23.3 Å². The second-order valence-electron chi connectivity index (χ2n) is 6.43. The van der Waals surface area contributed by atoms with E-state index in [9.17, 15) is 9.59 Å². The largest absolute Gasteiger partial charge is 0.322 e. The van der Waals surface area contributed by atoms with Crippen molar-refractivity contribution in [1.29, 1.82) is 5.26 Å². The van der Waals surface area contributed by atoms with E-state index in [2.05, 4.69) is 10.3 Å². The molecule has 2 amide bonds. The highest BCUT2D eigenvalue weighted by molar-refractivity contribution is 6.08. The second-order valence-corrected chi connectivity index (χ2v) is 6.43. The maximum Gasteiger partial charge on any atom is 0.258 e. The van der Waals surface area contributed by atoms with Crippen LogP contribution in [0.5, 0.6) is 0 Å². The van der Waals surface area contributed by atoms with Crippen LogP contribution >= 0.6 is 0 Å². The van der Waals surface area contributed by atoms with Gasteiger partial charge in [0.25, 0.3) is 11.8 Å². The molecule has 0 saturated heterocycles. The first-order valence-electron chi connectivity index (χ1n) is 8.82. The Morgan fingerprint density at radius 1 is 1.00 bits per heavy atom. The predicted molar refractivity (Wildman–Crippen MR) is 105 cm³/mol. The fourth-order valence-corrected chi connectivity index (χ4v) is 3.22. The normalized spacial score (nSPS) is 12.2. The fourth-order valence-electron chi connectivity index (χ4n) is 3.22. The van der Waals surface area contributed by atoms with Crippen molar-refractivity contribution in [3.63, 3.8) is 0 Å². The summed E-state index contributed by atoms with van der Waals surface area (Å²) in [4.78, 5) is 31.0. The van der Waals surface area contributed by atoms with E-state index < -0.39 is 0 Å². The minimum absolute atomic E-state index is 0.0864. The highest BCUT2D eigenvalue weighted by Gasteiger charge is 2.26. The summed E-state index contributed by atoms with van der Waals surface area (Å²) in [7, 11) is 0. The molecule has 2 heterocycles. The zero-order chi connectivity index (χ0) is 19.5. The smallest absolute Gasteiger partial charge is 0.258 e. The molecule has 0 bridgehead atoms. The summed E-state index contributed by atoms with van der Waals surface area (Å²) in [5.74, 6) is -0.355. The molecule has 136 valence electrons. The molecule has 0 spiro atoms. The van der Waals surface area contributed by atoms with Gasteiger partial charge in [0.15, 0.2) is 0 Å². The van der Waals surface area contributed by atoms with Crippen molar-refractivity contribution in [2.75, 3.05) is 16.8 Å². The maximum absolute atomic E-state index is 12.8. The number of amides is 2. The Kier molecular flexibility index (Phi) is 4.56. The molecule has 4 rings (SSSR count). The lowest BCUT2D eigenvalue weighted by Gasteiger charge is -2.18. The monoisotopic (exact) mass is 368 g/mol. The summed E-state index contributed by atoms with van der Waals surface area (Å²) >= 11 is 0. The van der Waals surface area contributed by atoms with Gasteiger partial charge in [0.2, 0.25) is 0 Å². The van der Waals surface area contributed by atoms with Gasteiger partial charge in [0.1, 0.15) is 0 Å². The van der Waals surface area contributed by atoms with E-state index in [0.717, 1.165) is 17.7 Å². The number of carbonyl (C=O) groups is 2. The molecule has 1 aliphatic rings. The van der Waals surface area contributed by atoms with E-state index >= 15 is 0 Å². The lowest BCUT2D eigenvalue weighted by Crippen LogP contribution is -2.28. The van der Waals surface area contributed by atoms with Crippen molar-refractivity contribution in [2.24, 2.45) is 0 Å². The van der Waals surface area contributed by atoms with E-state index in [0.29, 0.717) is 28.9 Å². The number of carbonyl (C=O) groups excluding carboxylic acids is 2. The Morgan fingerprint density at radius 2 is 1.75 bits per heavy atom. The number of benzene rings is 2. The minimum atomic E-state index is -0.269. The molecule has 0 fully saturated rings. The first-order valence-corrected chi connectivity index (χ1v) is 8.82. The SMILES string of the molecule is N#Cc1ccc(C(=O)Nc2ccc3c(c2)N(C(=O)c2ccncc2)CC3)cc1. The number of nitrogens with one attached hydrogen (secondary N) is 1. The summed E-state index contributed by atoms with van der Waals surface area (Å²) in [5.41, 5.74) is 4.03. The van der Waals surface area contributed by atoms with Crippen molar-refractivity contribution in [1.82, 2.24) is 4.98 Å². The molecule has 0 atom stereocenters. The number of rotatable bonds is 3. The quantitative estimate of drug-likeness (QED) is 0.768. The van der Waals surface area contributed by atoms with Gasteiger partial charge >= 0.3 is 0 Å². The molecule has 0 saturated carbocycles. The number of nitrogens with zero attached hydrogens (tertiary/aromatic N) is 3. The number of hydrogen-bond donors (Lipinski definition) is 1. The number of fused-ring (bicyclic) bond motifs is 1. The Balaban J connectivity index is 1.56. The van der Waals surface area contributed by atoms with Gasteiger partial charge < -0.3 is 10.2 Å². The molecular weight excluding hydrogens is 352 g/mol. The van der Waals surface area contributed by atoms with Crippen LogP contribution in [-0.2, 0) is 6.42 Å². The first kappa shape index (κ1) is 17.4. The van der Waals surface area contributed by atoms with Crippen LogP contribution in [0.1, 0.15) is 31.8 Å². The van der Waals surface area contributed by atoms with Crippen LogP contribution in [0, 0.1) is 11.3 Å². The van der Waals surface area contributed by atoms with Gasteiger partial charge in [-0.3, -0.25) is 14.6 Å². The molecule has 6 heteroatoms. The van der Waals surface area contributed by atoms with E-state index in [1.165, 1.54) is 0 Å². The summed E-state index contributed by atoms with van der Waals surface area (Å²) in [6.45, 7) is 0.601. The highest BCUT2D eigenvalue weighted by atomic mass is 16.2. The number of nitriles is 1. The third kappa shape index (κ3) is 3.33. The number of aromatic nitrogens is 1.